The van der Waals surface area contributed by atoms with E-state index in [9.17, 15) is 43.2 Å². The van der Waals surface area contributed by atoms with Crippen LogP contribution in [0.15, 0.2) is 0 Å². The van der Waals surface area contributed by atoms with Gasteiger partial charge in [0.1, 0.15) is 19.3 Å². The normalized spacial score (nSPS) is 14.5. The van der Waals surface area contributed by atoms with Crippen LogP contribution in [0, 0.1) is 17.8 Å². The molecule has 0 aliphatic carbocycles. The maximum Gasteiger partial charge on any atom is 0.472 e. The van der Waals surface area contributed by atoms with Crippen molar-refractivity contribution in [3.8, 4) is 0 Å². The highest BCUT2D eigenvalue weighted by atomic mass is 31.2. The number of hydrogen-bond donors (Lipinski definition) is 3. The highest BCUT2D eigenvalue weighted by Crippen LogP contribution is 2.45. The van der Waals surface area contributed by atoms with Gasteiger partial charge in [0.25, 0.3) is 0 Å². The van der Waals surface area contributed by atoms with Crippen LogP contribution in [0.4, 0.5) is 0 Å². The van der Waals surface area contributed by atoms with E-state index >= 15 is 0 Å². The van der Waals surface area contributed by atoms with Crippen LogP contribution < -0.4 is 0 Å². The minimum absolute atomic E-state index is 0.104. The topological polar surface area (TPSA) is 237 Å². The van der Waals surface area contributed by atoms with E-state index in [-0.39, 0.29) is 25.7 Å². The molecule has 0 radical (unpaired) electrons. The van der Waals surface area contributed by atoms with Crippen molar-refractivity contribution in [3.05, 3.63) is 0 Å². The first kappa shape index (κ1) is 97.1. The molecule has 7 atom stereocenters. The molecule has 0 rings (SSSR count). The molecule has 17 nitrogen and oxygen atoms in total. The molecule has 0 amide bonds. The predicted molar refractivity (Wildman–Crippen MR) is 405 cm³/mol. The lowest BCUT2D eigenvalue weighted by atomic mass is 9.99. The van der Waals surface area contributed by atoms with Gasteiger partial charge < -0.3 is 33.8 Å². The van der Waals surface area contributed by atoms with E-state index in [4.69, 9.17) is 37.0 Å². The number of ether oxygens (including phenoxy) is 4. The average molecular weight is 1450 g/mol. The number of unbranched alkanes of at least 4 members (excludes halogenated alkanes) is 44. The number of rotatable bonds is 78. The van der Waals surface area contributed by atoms with Crippen molar-refractivity contribution in [3.63, 3.8) is 0 Å². The van der Waals surface area contributed by atoms with Gasteiger partial charge in [-0.2, -0.15) is 0 Å². The second-order valence-electron chi connectivity index (χ2n) is 29.8. The summed E-state index contributed by atoms with van der Waals surface area (Å²) in [5.41, 5.74) is 0. The molecule has 19 heteroatoms. The summed E-state index contributed by atoms with van der Waals surface area (Å²) in [7, 11) is -9.92. The SMILES string of the molecule is CCCCCCCCCCCCCCCCCCCCCCCCC(=O)O[C@H](COC(=O)CCCCCCCCCCCCC(C)CC)COP(=O)(O)OC[C@@H](O)COP(=O)(O)OC[C@@H](COC(=O)CCCCCCCCCCC(C)C)OC(=O)CCCCCCCCCCC(C)CC. The molecule has 99 heavy (non-hydrogen) atoms. The van der Waals surface area contributed by atoms with Gasteiger partial charge in [-0.15, -0.1) is 0 Å². The number of carbonyl (C=O) groups is 4. The maximum atomic E-state index is 13.1. The molecule has 0 saturated heterocycles. The largest absolute Gasteiger partial charge is 0.472 e. The minimum Gasteiger partial charge on any atom is -0.462 e. The van der Waals surface area contributed by atoms with Crippen LogP contribution in [0.5, 0.6) is 0 Å². The predicted octanol–water partition coefficient (Wildman–Crippen LogP) is 23.7. The van der Waals surface area contributed by atoms with Gasteiger partial charge in [-0.05, 0) is 43.4 Å². The number of carbonyl (C=O) groups excluding carboxylic acids is 4. The minimum atomic E-state index is -4.96. The van der Waals surface area contributed by atoms with Crippen LogP contribution in [0.25, 0.3) is 0 Å². The number of phosphoric ester groups is 2. The summed E-state index contributed by atoms with van der Waals surface area (Å²) in [6.07, 6.45) is 58.4. The summed E-state index contributed by atoms with van der Waals surface area (Å²) in [6, 6.07) is 0. The first-order chi connectivity index (χ1) is 47.8. The zero-order valence-electron chi connectivity index (χ0n) is 65.0. The van der Waals surface area contributed by atoms with Crippen molar-refractivity contribution < 1.29 is 80.2 Å². The Morgan fingerprint density at radius 2 is 0.515 bits per heavy atom. The number of esters is 4. The Labute approximate surface area is 607 Å². The molecule has 4 unspecified atom stereocenters. The van der Waals surface area contributed by atoms with Gasteiger partial charge in [0.2, 0.25) is 0 Å². The summed E-state index contributed by atoms with van der Waals surface area (Å²) in [5, 5.41) is 10.6. The number of hydrogen-bond acceptors (Lipinski definition) is 15. The Balaban J connectivity index is 5.21. The van der Waals surface area contributed by atoms with E-state index in [1.54, 1.807) is 0 Å². The van der Waals surface area contributed by atoms with Crippen LogP contribution in [0.1, 0.15) is 414 Å². The lowest BCUT2D eigenvalue weighted by molar-refractivity contribution is -0.161. The lowest BCUT2D eigenvalue weighted by Crippen LogP contribution is -2.30. The van der Waals surface area contributed by atoms with Crippen LogP contribution >= 0.6 is 15.6 Å². The standard InChI is InChI=1S/C80H156O17P2/c1-8-11-12-13-14-15-16-17-18-19-20-21-22-23-24-25-26-27-32-42-49-56-63-79(84)96-75(67-90-77(82)61-54-47-40-31-29-28-30-38-45-52-59-72(6)9-2)69-94-98(86,87)92-65-74(81)66-93-99(88,89)95-70-76(68-91-78(83)62-55-48-41-35-33-37-44-51-58-71(4)5)97-80(85)64-57-50-43-36-34-39-46-53-60-73(7)10-3/h71-76,81H,8-70H2,1-7H3,(H,86,87)(H,88,89)/t72?,73?,74-,75-,76-/m1/s1. The van der Waals surface area contributed by atoms with Gasteiger partial charge in [0.15, 0.2) is 12.2 Å². The van der Waals surface area contributed by atoms with Gasteiger partial charge in [0, 0.05) is 25.7 Å². The molecule has 3 N–H and O–H groups in total. The van der Waals surface area contributed by atoms with Crippen LogP contribution in [-0.2, 0) is 65.4 Å². The molecule has 0 fully saturated rings. The van der Waals surface area contributed by atoms with Crippen molar-refractivity contribution in [1.82, 2.24) is 0 Å². The van der Waals surface area contributed by atoms with Gasteiger partial charge >= 0.3 is 39.5 Å². The maximum absolute atomic E-state index is 13.1. The number of aliphatic hydroxyl groups is 1. The van der Waals surface area contributed by atoms with Crippen molar-refractivity contribution in [1.29, 1.82) is 0 Å². The molecule has 0 aliphatic rings. The highest BCUT2D eigenvalue weighted by Gasteiger charge is 2.30. The smallest absolute Gasteiger partial charge is 0.462 e. The van der Waals surface area contributed by atoms with E-state index < -0.39 is 97.5 Å². The summed E-state index contributed by atoms with van der Waals surface area (Å²) in [4.78, 5) is 72.9. The second kappa shape index (κ2) is 70.4. The zero-order chi connectivity index (χ0) is 73.0. The third-order valence-electron chi connectivity index (χ3n) is 19.4. The first-order valence-electron chi connectivity index (χ1n) is 41.4. The molecular weight excluding hydrogens is 1290 g/mol. The molecule has 0 aromatic heterocycles. The second-order valence-corrected chi connectivity index (χ2v) is 32.7. The summed E-state index contributed by atoms with van der Waals surface area (Å²) in [6.45, 7) is 11.9. The van der Waals surface area contributed by atoms with Gasteiger partial charge in [-0.25, -0.2) is 9.13 Å². The summed E-state index contributed by atoms with van der Waals surface area (Å²) in [5.74, 6) is 0.189. The van der Waals surface area contributed by atoms with E-state index in [2.05, 4.69) is 48.5 Å². The highest BCUT2D eigenvalue weighted by molar-refractivity contribution is 7.47. The van der Waals surface area contributed by atoms with E-state index in [1.165, 1.54) is 225 Å². The fourth-order valence-corrected chi connectivity index (χ4v) is 13.8. The third kappa shape index (κ3) is 71.5. The molecule has 0 saturated carbocycles. The van der Waals surface area contributed by atoms with Gasteiger partial charge in [-0.1, -0.05) is 363 Å². The van der Waals surface area contributed by atoms with Crippen molar-refractivity contribution >= 4 is 39.5 Å². The molecule has 0 heterocycles. The quantitative estimate of drug-likeness (QED) is 0.0222. The Hall–Kier alpha value is -1.94. The van der Waals surface area contributed by atoms with Crippen molar-refractivity contribution in [2.24, 2.45) is 17.8 Å². The van der Waals surface area contributed by atoms with E-state index in [0.717, 1.165) is 108 Å². The number of aliphatic hydroxyl groups excluding tert-OH is 1. The fraction of sp³-hybridized carbons (Fsp3) is 0.950. The average Bonchev–Trinajstić information content (AvgIpc) is 0.981. The van der Waals surface area contributed by atoms with Crippen LogP contribution in [0.2, 0.25) is 0 Å². The zero-order valence-corrected chi connectivity index (χ0v) is 66.8. The van der Waals surface area contributed by atoms with Crippen LogP contribution in [0.3, 0.4) is 0 Å². The molecule has 0 bridgehead atoms. The summed E-state index contributed by atoms with van der Waals surface area (Å²) >= 11 is 0. The molecular formula is C80H156O17P2. The fourth-order valence-electron chi connectivity index (χ4n) is 12.2. The third-order valence-corrected chi connectivity index (χ3v) is 21.3. The van der Waals surface area contributed by atoms with E-state index in [1.807, 2.05) is 0 Å². The molecule has 0 aliphatic heterocycles. The Morgan fingerprint density at radius 1 is 0.293 bits per heavy atom. The van der Waals surface area contributed by atoms with Crippen molar-refractivity contribution in [2.45, 2.75) is 433 Å². The Bertz CT molecular complexity index is 1930. The number of phosphoric acid groups is 2. The monoisotopic (exact) mass is 1450 g/mol. The molecule has 0 spiro atoms. The van der Waals surface area contributed by atoms with Crippen LogP contribution in [-0.4, -0.2) is 96.7 Å². The molecule has 0 aromatic carbocycles. The van der Waals surface area contributed by atoms with Gasteiger partial charge in [-0.3, -0.25) is 37.3 Å². The van der Waals surface area contributed by atoms with Crippen molar-refractivity contribution in [2.75, 3.05) is 39.6 Å². The molecule has 588 valence electrons. The lowest BCUT2D eigenvalue weighted by Gasteiger charge is -2.21. The van der Waals surface area contributed by atoms with Gasteiger partial charge in [0.05, 0.1) is 26.4 Å². The summed E-state index contributed by atoms with van der Waals surface area (Å²) < 4.78 is 68.7. The molecule has 0 aromatic rings. The Morgan fingerprint density at radius 3 is 0.768 bits per heavy atom. The first-order valence-corrected chi connectivity index (χ1v) is 44.4. The Kier molecular flexibility index (Phi) is 69.0. The van der Waals surface area contributed by atoms with E-state index in [0.29, 0.717) is 25.7 Å².